The Morgan fingerprint density at radius 3 is 2.24 bits per heavy atom. The summed E-state index contributed by atoms with van der Waals surface area (Å²) < 4.78 is 0. The van der Waals surface area contributed by atoms with Gasteiger partial charge in [0.05, 0.1) is 0 Å². The van der Waals surface area contributed by atoms with Gasteiger partial charge in [-0.2, -0.15) is 0 Å². The van der Waals surface area contributed by atoms with Gasteiger partial charge in [0.1, 0.15) is 0 Å². The highest BCUT2D eigenvalue weighted by Crippen LogP contribution is 2.38. The van der Waals surface area contributed by atoms with Crippen molar-refractivity contribution in [2.75, 3.05) is 16.4 Å². The Hall–Kier alpha value is -4.50. The SMILES string of the molecule is Nc1ccc2c(c1)Cc1cc(Nc3cccc4ccc5cc6ccccc6cc5c34)ccc1N2. The Morgan fingerprint density at radius 1 is 0.618 bits per heavy atom. The molecule has 0 unspecified atom stereocenters. The van der Waals surface area contributed by atoms with Gasteiger partial charge in [-0.25, -0.2) is 0 Å². The normalized spacial score (nSPS) is 12.4. The number of rotatable bonds is 2. The quantitative estimate of drug-likeness (QED) is 0.145. The van der Waals surface area contributed by atoms with E-state index in [9.17, 15) is 0 Å². The van der Waals surface area contributed by atoms with Crippen molar-refractivity contribution in [3.05, 3.63) is 114 Å². The Morgan fingerprint density at radius 2 is 1.35 bits per heavy atom. The zero-order chi connectivity index (χ0) is 22.6. The van der Waals surface area contributed by atoms with E-state index in [1.165, 1.54) is 43.4 Å². The second-order valence-electron chi connectivity index (χ2n) is 9.11. The minimum atomic E-state index is 0.799. The maximum atomic E-state index is 6.03. The molecule has 0 fully saturated rings. The maximum absolute atomic E-state index is 6.03. The Kier molecular flexibility index (Phi) is 4.06. The lowest BCUT2D eigenvalue weighted by Gasteiger charge is -2.23. The summed E-state index contributed by atoms with van der Waals surface area (Å²) in [7, 11) is 0. The average molecular weight is 438 g/mol. The third-order valence-corrected chi connectivity index (χ3v) is 6.89. The smallest absolute Gasteiger partial charge is 0.0470 e. The number of nitrogens with one attached hydrogen (secondary N) is 2. The first-order valence-electron chi connectivity index (χ1n) is 11.6. The summed E-state index contributed by atoms with van der Waals surface area (Å²) in [6.45, 7) is 0. The largest absolute Gasteiger partial charge is 0.399 e. The third-order valence-electron chi connectivity index (χ3n) is 6.89. The van der Waals surface area contributed by atoms with Crippen LogP contribution < -0.4 is 16.4 Å². The second-order valence-corrected chi connectivity index (χ2v) is 9.11. The summed E-state index contributed by atoms with van der Waals surface area (Å²) in [6.07, 6.45) is 0.864. The lowest BCUT2D eigenvalue weighted by atomic mass is 9.96. The Labute approximate surface area is 197 Å². The predicted octanol–water partition coefficient (Wildman–Crippen LogP) is 8.12. The third kappa shape index (κ3) is 3.06. The molecule has 0 spiro atoms. The van der Waals surface area contributed by atoms with Crippen LogP contribution in [0, 0.1) is 0 Å². The highest BCUT2D eigenvalue weighted by atomic mass is 14.9. The molecular weight excluding hydrogens is 414 g/mol. The van der Waals surface area contributed by atoms with Gasteiger partial charge in [-0.15, -0.1) is 0 Å². The van der Waals surface area contributed by atoms with Crippen LogP contribution in [0.25, 0.3) is 32.3 Å². The van der Waals surface area contributed by atoms with Gasteiger partial charge < -0.3 is 16.4 Å². The molecule has 162 valence electrons. The van der Waals surface area contributed by atoms with Crippen LogP contribution in [0.15, 0.2) is 103 Å². The summed E-state index contributed by atoms with van der Waals surface area (Å²) in [4.78, 5) is 0. The van der Waals surface area contributed by atoms with Crippen LogP contribution in [0.3, 0.4) is 0 Å². The number of nitrogens with two attached hydrogens (primary N) is 1. The van der Waals surface area contributed by atoms with Crippen LogP contribution in [0.1, 0.15) is 11.1 Å². The van der Waals surface area contributed by atoms with Gasteiger partial charge in [0.25, 0.3) is 0 Å². The van der Waals surface area contributed by atoms with Crippen LogP contribution in [0.5, 0.6) is 0 Å². The topological polar surface area (TPSA) is 50.1 Å². The van der Waals surface area contributed by atoms with Gasteiger partial charge in [-0.05, 0) is 92.7 Å². The molecule has 1 aliphatic heterocycles. The van der Waals surface area contributed by atoms with E-state index in [1.54, 1.807) is 0 Å². The van der Waals surface area contributed by atoms with Crippen LogP contribution in [-0.2, 0) is 6.42 Å². The van der Waals surface area contributed by atoms with Gasteiger partial charge in [-0.1, -0.05) is 48.5 Å². The Balaban J connectivity index is 1.33. The number of nitrogen functional groups attached to an aromatic ring is 1. The van der Waals surface area contributed by atoms with Crippen LogP contribution in [0.4, 0.5) is 28.4 Å². The summed E-state index contributed by atoms with van der Waals surface area (Å²) in [5.74, 6) is 0. The number of anilines is 5. The van der Waals surface area contributed by atoms with Crippen LogP contribution in [-0.4, -0.2) is 0 Å². The van der Waals surface area contributed by atoms with E-state index in [4.69, 9.17) is 5.73 Å². The molecule has 0 amide bonds. The zero-order valence-electron chi connectivity index (χ0n) is 18.6. The number of hydrogen-bond donors (Lipinski definition) is 3. The molecule has 34 heavy (non-hydrogen) atoms. The first kappa shape index (κ1) is 19.0. The fourth-order valence-corrected chi connectivity index (χ4v) is 5.23. The molecule has 6 aromatic carbocycles. The standard InChI is InChI=1S/C31H23N3/c32-25-10-12-28-23(16-25)15-24-17-26(11-13-29(24)34-28)33-30-7-3-6-19-8-9-22-14-20-4-1-2-5-21(20)18-27(22)31(19)30/h1-14,16-18,33-34H,15,32H2. The first-order chi connectivity index (χ1) is 16.7. The molecule has 0 radical (unpaired) electrons. The van der Waals surface area contributed by atoms with Crippen molar-refractivity contribution in [1.82, 2.24) is 0 Å². The monoisotopic (exact) mass is 437 g/mol. The number of fused-ring (bicyclic) bond motifs is 6. The van der Waals surface area contributed by atoms with Crippen molar-refractivity contribution >= 4 is 60.8 Å². The van der Waals surface area contributed by atoms with E-state index in [1.807, 2.05) is 6.07 Å². The van der Waals surface area contributed by atoms with Gasteiger partial charge in [-0.3, -0.25) is 0 Å². The van der Waals surface area contributed by atoms with Gasteiger partial charge >= 0.3 is 0 Å². The molecule has 0 atom stereocenters. The number of hydrogen-bond acceptors (Lipinski definition) is 3. The highest BCUT2D eigenvalue weighted by Gasteiger charge is 2.16. The molecule has 6 aromatic rings. The molecular formula is C31H23N3. The van der Waals surface area contributed by atoms with Gasteiger partial charge in [0, 0.05) is 40.2 Å². The van der Waals surface area contributed by atoms with Crippen molar-refractivity contribution < 1.29 is 0 Å². The molecule has 7 rings (SSSR count). The van der Waals surface area contributed by atoms with Gasteiger partial charge in [0.15, 0.2) is 0 Å². The highest BCUT2D eigenvalue weighted by molar-refractivity contribution is 6.17. The lowest BCUT2D eigenvalue weighted by molar-refractivity contribution is 1.16. The van der Waals surface area contributed by atoms with Crippen molar-refractivity contribution in [2.45, 2.75) is 6.42 Å². The second kappa shape index (κ2) is 7.26. The van der Waals surface area contributed by atoms with Crippen molar-refractivity contribution in [3.8, 4) is 0 Å². The molecule has 3 nitrogen and oxygen atoms in total. The van der Waals surface area contributed by atoms with E-state index >= 15 is 0 Å². The fraction of sp³-hybridized carbons (Fsp3) is 0.0323. The summed E-state index contributed by atoms with van der Waals surface area (Å²) in [6, 6.07) is 36.7. The lowest BCUT2D eigenvalue weighted by Crippen LogP contribution is -2.07. The molecule has 0 saturated carbocycles. The first-order valence-corrected chi connectivity index (χ1v) is 11.6. The molecule has 0 saturated heterocycles. The van der Waals surface area contributed by atoms with Gasteiger partial charge in [0.2, 0.25) is 0 Å². The summed E-state index contributed by atoms with van der Waals surface area (Å²) in [5, 5.41) is 14.8. The van der Waals surface area contributed by atoms with E-state index in [0.717, 1.165) is 34.9 Å². The molecule has 1 heterocycles. The van der Waals surface area contributed by atoms with E-state index in [-0.39, 0.29) is 0 Å². The average Bonchev–Trinajstić information content (AvgIpc) is 2.86. The minimum absolute atomic E-state index is 0.799. The predicted molar refractivity (Wildman–Crippen MR) is 146 cm³/mol. The van der Waals surface area contributed by atoms with Crippen LogP contribution in [0.2, 0.25) is 0 Å². The maximum Gasteiger partial charge on any atom is 0.0470 e. The molecule has 1 aliphatic rings. The molecule has 3 heteroatoms. The minimum Gasteiger partial charge on any atom is -0.399 e. The summed E-state index contributed by atoms with van der Waals surface area (Å²) in [5.41, 5.74) is 13.8. The molecule has 0 bridgehead atoms. The molecule has 4 N–H and O–H groups in total. The number of benzene rings is 6. The molecule has 0 aromatic heterocycles. The van der Waals surface area contributed by atoms with E-state index in [2.05, 4.69) is 108 Å². The van der Waals surface area contributed by atoms with Crippen LogP contribution >= 0.6 is 0 Å². The zero-order valence-corrected chi connectivity index (χ0v) is 18.6. The van der Waals surface area contributed by atoms with Crippen molar-refractivity contribution in [1.29, 1.82) is 0 Å². The fourth-order valence-electron chi connectivity index (χ4n) is 5.23. The summed E-state index contributed by atoms with van der Waals surface area (Å²) >= 11 is 0. The Bertz CT molecular complexity index is 1750. The van der Waals surface area contributed by atoms with E-state index in [0.29, 0.717) is 0 Å². The van der Waals surface area contributed by atoms with Crippen molar-refractivity contribution in [2.24, 2.45) is 0 Å². The van der Waals surface area contributed by atoms with Crippen molar-refractivity contribution in [3.63, 3.8) is 0 Å². The molecule has 0 aliphatic carbocycles. The van der Waals surface area contributed by atoms with E-state index < -0.39 is 0 Å².